The Morgan fingerprint density at radius 3 is 2.56 bits per heavy atom. The quantitative estimate of drug-likeness (QED) is 0.201. The van der Waals surface area contributed by atoms with E-state index in [-0.39, 0.29) is 48.1 Å². The van der Waals surface area contributed by atoms with Gasteiger partial charge in [0.25, 0.3) is 0 Å². The number of primary sulfonamides is 1. The second-order valence-electron chi connectivity index (χ2n) is 6.76. The molecule has 0 bridgehead atoms. The number of carboxylic acid groups (broad SMARTS) is 1. The highest BCUT2D eigenvalue weighted by Crippen LogP contribution is 2.40. The SMILES string of the molecule is NCCNS(=O)(=O)c1ccc(-c2cccc3oc(C(=O)O)nc23)c(-c2nn[nH]n2)c1S(N)(=O)=O.[HH]. The first-order valence-corrected chi connectivity index (χ1v) is 12.3. The van der Waals surface area contributed by atoms with Gasteiger partial charge in [-0.05, 0) is 22.9 Å². The van der Waals surface area contributed by atoms with Crippen molar-refractivity contribution in [3.8, 4) is 22.5 Å². The van der Waals surface area contributed by atoms with Crippen LogP contribution in [0.5, 0.6) is 0 Å². The molecule has 0 radical (unpaired) electrons. The number of nitrogens with zero attached hydrogens (tertiary/aromatic N) is 4. The van der Waals surface area contributed by atoms with Crippen molar-refractivity contribution < 1.29 is 32.6 Å². The molecule has 0 amide bonds. The van der Waals surface area contributed by atoms with Crippen molar-refractivity contribution in [2.24, 2.45) is 10.9 Å². The zero-order valence-corrected chi connectivity index (χ0v) is 18.6. The number of aromatic carboxylic acids is 1. The topological polar surface area (TPSA) is 250 Å². The molecule has 0 aliphatic carbocycles. The molecule has 0 aliphatic rings. The van der Waals surface area contributed by atoms with Crippen molar-refractivity contribution >= 4 is 37.1 Å². The van der Waals surface area contributed by atoms with Gasteiger partial charge >= 0.3 is 11.9 Å². The Labute approximate surface area is 192 Å². The number of hydrogen-bond acceptors (Lipinski definition) is 11. The van der Waals surface area contributed by atoms with Gasteiger partial charge in [-0.1, -0.05) is 18.2 Å². The van der Waals surface area contributed by atoms with Gasteiger partial charge in [0.15, 0.2) is 5.58 Å². The monoisotopic (exact) mass is 510 g/mol. The lowest BCUT2D eigenvalue weighted by atomic mass is 9.98. The van der Waals surface area contributed by atoms with E-state index >= 15 is 0 Å². The van der Waals surface area contributed by atoms with Gasteiger partial charge in [0.05, 0.1) is 5.56 Å². The number of benzene rings is 2. The number of rotatable bonds is 8. The molecule has 4 rings (SSSR count). The van der Waals surface area contributed by atoms with Crippen LogP contribution >= 0.6 is 0 Å². The fourth-order valence-electron chi connectivity index (χ4n) is 3.30. The Balaban J connectivity index is 0.00000342. The first-order valence-electron chi connectivity index (χ1n) is 9.31. The summed E-state index contributed by atoms with van der Waals surface area (Å²) in [6.07, 6.45) is 0. The van der Waals surface area contributed by atoms with Crippen LogP contribution in [0.2, 0.25) is 0 Å². The molecule has 17 heteroatoms. The molecule has 180 valence electrons. The fraction of sp³-hybridized carbons (Fsp3) is 0.118. The summed E-state index contributed by atoms with van der Waals surface area (Å²) in [5.41, 5.74) is 5.52. The van der Waals surface area contributed by atoms with Crippen LogP contribution in [-0.2, 0) is 20.0 Å². The minimum absolute atomic E-state index is 0. The molecule has 0 saturated heterocycles. The van der Waals surface area contributed by atoms with E-state index in [2.05, 4.69) is 30.3 Å². The highest BCUT2D eigenvalue weighted by molar-refractivity contribution is 7.92. The van der Waals surface area contributed by atoms with E-state index in [4.69, 9.17) is 15.3 Å². The number of sulfonamides is 2. The van der Waals surface area contributed by atoms with Crippen molar-refractivity contribution in [1.29, 1.82) is 0 Å². The number of oxazole rings is 1. The molecule has 0 spiro atoms. The van der Waals surface area contributed by atoms with E-state index in [1.165, 1.54) is 24.3 Å². The van der Waals surface area contributed by atoms with Crippen molar-refractivity contribution in [2.75, 3.05) is 13.1 Å². The zero-order chi connectivity index (χ0) is 24.7. The largest absolute Gasteiger partial charge is 0.474 e. The van der Waals surface area contributed by atoms with Crippen molar-refractivity contribution in [3.63, 3.8) is 0 Å². The second-order valence-corrected chi connectivity index (χ2v) is 9.99. The first-order chi connectivity index (χ1) is 16.0. The number of nitrogens with one attached hydrogen (secondary N) is 2. The van der Waals surface area contributed by atoms with Crippen LogP contribution in [0.3, 0.4) is 0 Å². The molecular formula is C17H18N8O7S2. The van der Waals surface area contributed by atoms with Crippen LogP contribution in [0.1, 0.15) is 12.1 Å². The minimum Gasteiger partial charge on any atom is -0.474 e. The van der Waals surface area contributed by atoms with Crippen LogP contribution < -0.4 is 15.6 Å². The molecule has 0 atom stereocenters. The predicted octanol–water partition coefficient (Wildman–Crippen LogP) is -0.496. The first kappa shape index (κ1) is 23.4. The maximum atomic E-state index is 12.9. The lowest BCUT2D eigenvalue weighted by molar-refractivity contribution is 0.0656. The Bertz CT molecular complexity index is 1620. The van der Waals surface area contributed by atoms with Gasteiger partial charge in [-0.15, -0.1) is 10.2 Å². The van der Waals surface area contributed by atoms with Gasteiger partial charge < -0.3 is 15.3 Å². The summed E-state index contributed by atoms with van der Waals surface area (Å²) in [6, 6.07) is 6.81. The number of carboxylic acids is 1. The normalized spacial score (nSPS) is 12.3. The third kappa shape index (κ3) is 4.13. The molecule has 2 aromatic heterocycles. The molecule has 2 aromatic carbocycles. The highest BCUT2D eigenvalue weighted by Gasteiger charge is 2.32. The molecule has 34 heavy (non-hydrogen) atoms. The van der Waals surface area contributed by atoms with Crippen molar-refractivity contribution in [1.82, 2.24) is 30.3 Å². The second kappa shape index (κ2) is 8.54. The molecule has 4 aromatic rings. The molecule has 0 aliphatic heterocycles. The van der Waals surface area contributed by atoms with Gasteiger partial charge in [0, 0.05) is 20.1 Å². The van der Waals surface area contributed by atoms with Crippen LogP contribution in [0.25, 0.3) is 33.6 Å². The van der Waals surface area contributed by atoms with Crippen LogP contribution in [0.4, 0.5) is 0 Å². The number of tetrazole rings is 1. The summed E-state index contributed by atoms with van der Waals surface area (Å²) in [4.78, 5) is 13.8. The van der Waals surface area contributed by atoms with E-state index in [9.17, 15) is 26.7 Å². The van der Waals surface area contributed by atoms with E-state index in [1.54, 1.807) is 0 Å². The van der Waals surface area contributed by atoms with E-state index in [1.807, 2.05) is 0 Å². The highest BCUT2D eigenvalue weighted by atomic mass is 32.2. The number of nitrogens with two attached hydrogens (primary N) is 2. The molecule has 0 fully saturated rings. The maximum Gasteiger partial charge on any atom is 0.392 e. The van der Waals surface area contributed by atoms with Crippen LogP contribution in [0, 0.1) is 0 Å². The Hall–Kier alpha value is -3.77. The third-order valence-corrected chi connectivity index (χ3v) is 7.22. The molecular weight excluding hydrogens is 492 g/mol. The molecule has 15 nitrogen and oxygen atoms in total. The standard InChI is InChI=1S/C17H16N8O7S2.H2/c18-6-7-20-34(30,31)11-5-4-8(12(14(11)33(19,28)29)15-22-24-25-23-15)9-2-1-3-10-13(9)21-16(32-10)17(26)27;/h1-5,20H,6-7,18H2,(H,26,27)(H2,19,28,29)(H,22,23,24,25);1H. The van der Waals surface area contributed by atoms with E-state index in [0.29, 0.717) is 0 Å². The van der Waals surface area contributed by atoms with Gasteiger partial charge in [-0.2, -0.15) is 5.21 Å². The average molecular weight is 511 g/mol. The summed E-state index contributed by atoms with van der Waals surface area (Å²) >= 11 is 0. The lowest BCUT2D eigenvalue weighted by Gasteiger charge is -2.16. The summed E-state index contributed by atoms with van der Waals surface area (Å²) in [6.45, 7) is -0.207. The number of aromatic amines is 1. The minimum atomic E-state index is -4.70. The summed E-state index contributed by atoms with van der Waals surface area (Å²) in [7, 11) is -9.09. The fourth-order valence-corrected chi connectivity index (χ4v) is 5.95. The summed E-state index contributed by atoms with van der Waals surface area (Å²) in [5.74, 6) is -2.30. The van der Waals surface area contributed by atoms with Gasteiger partial charge in [0.1, 0.15) is 15.3 Å². The number of aromatic nitrogens is 5. The summed E-state index contributed by atoms with van der Waals surface area (Å²) in [5, 5.41) is 27.9. The number of fused-ring (bicyclic) bond motifs is 1. The Kier molecular flexibility index (Phi) is 5.87. The lowest BCUT2D eigenvalue weighted by Crippen LogP contribution is -2.31. The zero-order valence-electron chi connectivity index (χ0n) is 17.0. The van der Waals surface area contributed by atoms with Crippen molar-refractivity contribution in [2.45, 2.75) is 9.79 Å². The number of hydrogen-bond donors (Lipinski definition) is 5. The van der Waals surface area contributed by atoms with Crippen LogP contribution in [-0.4, -0.2) is 66.6 Å². The summed E-state index contributed by atoms with van der Waals surface area (Å²) < 4.78 is 58.5. The van der Waals surface area contributed by atoms with Gasteiger partial charge in [0.2, 0.25) is 25.9 Å². The van der Waals surface area contributed by atoms with Gasteiger partial charge in [-0.3, -0.25) is 0 Å². The van der Waals surface area contributed by atoms with Crippen molar-refractivity contribution in [3.05, 3.63) is 36.2 Å². The Morgan fingerprint density at radius 2 is 1.94 bits per heavy atom. The smallest absolute Gasteiger partial charge is 0.392 e. The average Bonchev–Trinajstić information content (AvgIpc) is 3.46. The van der Waals surface area contributed by atoms with Crippen LogP contribution in [0.15, 0.2) is 44.5 Å². The van der Waals surface area contributed by atoms with Gasteiger partial charge in [-0.25, -0.2) is 36.5 Å². The molecule has 0 unspecified atom stereocenters. The maximum absolute atomic E-state index is 12.9. The third-order valence-electron chi connectivity index (χ3n) is 4.59. The predicted molar refractivity (Wildman–Crippen MR) is 117 cm³/mol. The van der Waals surface area contributed by atoms with E-state index < -0.39 is 41.7 Å². The van der Waals surface area contributed by atoms with E-state index in [0.717, 1.165) is 6.07 Å². The molecule has 7 N–H and O–H groups in total. The number of carbonyl (C=O) groups is 1. The molecule has 2 heterocycles. The molecule has 0 saturated carbocycles. The Morgan fingerprint density at radius 1 is 1.18 bits per heavy atom. The number of para-hydroxylation sites is 1. The number of H-pyrrole nitrogens is 1.